The molecular formula is C19H23NO4. The van der Waals surface area contributed by atoms with E-state index in [0.29, 0.717) is 26.2 Å². The number of benzene rings is 2. The van der Waals surface area contributed by atoms with Crippen molar-refractivity contribution in [2.24, 2.45) is 0 Å². The average Bonchev–Trinajstić information content (AvgIpc) is 2.61. The van der Waals surface area contributed by atoms with Gasteiger partial charge >= 0.3 is 0 Å². The molecule has 0 aliphatic heterocycles. The molecule has 0 aliphatic carbocycles. The topological polar surface area (TPSA) is 56.8 Å². The lowest BCUT2D eigenvalue weighted by molar-refractivity contribution is -0.120. The Morgan fingerprint density at radius 3 is 2.08 bits per heavy atom. The molecule has 2 aromatic carbocycles. The van der Waals surface area contributed by atoms with Crippen LogP contribution in [0.15, 0.2) is 48.5 Å². The fraction of sp³-hybridized carbons (Fsp3) is 0.316. The summed E-state index contributed by atoms with van der Waals surface area (Å²) >= 11 is 0. The molecule has 5 heteroatoms. The number of carbonyl (C=O) groups excluding carboxylic acids is 1. The molecule has 0 saturated heterocycles. The Labute approximate surface area is 142 Å². The van der Waals surface area contributed by atoms with Gasteiger partial charge in [-0.05, 0) is 48.9 Å². The van der Waals surface area contributed by atoms with Gasteiger partial charge in [-0.2, -0.15) is 0 Å². The number of nitrogens with one attached hydrogen (secondary N) is 1. The highest BCUT2D eigenvalue weighted by Gasteiger charge is 2.03. The molecule has 128 valence electrons. The first-order valence-electron chi connectivity index (χ1n) is 7.96. The molecule has 0 radical (unpaired) electrons. The first-order valence-corrected chi connectivity index (χ1v) is 7.96. The summed E-state index contributed by atoms with van der Waals surface area (Å²) in [7, 11) is 1.62. The number of rotatable bonds is 9. The van der Waals surface area contributed by atoms with E-state index in [9.17, 15) is 4.79 Å². The highest BCUT2D eigenvalue weighted by atomic mass is 16.5. The van der Waals surface area contributed by atoms with E-state index < -0.39 is 0 Å². The summed E-state index contributed by atoms with van der Waals surface area (Å²) in [6.07, 6.45) is 0.340. The molecule has 0 spiro atoms. The van der Waals surface area contributed by atoms with Crippen molar-refractivity contribution in [3.8, 4) is 17.2 Å². The molecule has 0 aromatic heterocycles. The van der Waals surface area contributed by atoms with Crippen LogP contribution in [0.5, 0.6) is 17.2 Å². The first-order chi connectivity index (χ1) is 11.7. The molecule has 0 aliphatic rings. The van der Waals surface area contributed by atoms with Crippen LogP contribution in [-0.2, 0) is 11.2 Å². The van der Waals surface area contributed by atoms with Gasteiger partial charge in [-0.25, -0.2) is 0 Å². The second-order valence-electron chi connectivity index (χ2n) is 5.13. The molecule has 0 bridgehead atoms. The van der Waals surface area contributed by atoms with Crippen molar-refractivity contribution in [2.45, 2.75) is 13.3 Å². The zero-order valence-corrected chi connectivity index (χ0v) is 14.1. The quantitative estimate of drug-likeness (QED) is 0.719. The van der Waals surface area contributed by atoms with E-state index in [1.807, 2.05) is 55.5 Å². The fourth-order valence-electron chi connectivity index (χ4n) is 2.15. The molecule has 0 fully saturated rings. The van der Waals surface area contributed by atoms with E-state index in [2.05, 4.69) is 5.32 Å². The van der Waals surface area contributed by atoms with Crippen molar-refractivity contribution >= 4 is 5.91 Å². The summed E-state index contributed by atoms with van der Waals surface area (Å²) in [5, 5.41) is 2.84. The number of ether oxygens (including phenoxy) is 3. The maximum atomic E-state index is 11.9. The van der Waals surface area contributed by atoms with Gasteiger partial charge in [-0.1, -0.05) is 12.1 Å². The molecule has 2 aromatic rings. The lowest BCUT2D eigenvalue weighted by Crippen LogP contribution is -2.29. The normalized spacial score (nSPS) is 10.1. The maximum absolute atomic E-state index is 11.9. The third-order valence-electron chi connectivity index (χ3n) is 3.35. The Balaban J connectivity index is 1.66. The molecule has 0 heterocycles. The number of hydrogen-bond donors (Lipinski definition) is 1. The lowest BCUT2D eigenvalue weighted by Gasteiger charge is -2.09. The van der Waals surface area contributed by atoms with Gasteiger partial charge in [-0.3, -0.25) is 4.79 Å². The predicted octanol–water partition coefficient (Wildman–Crippen LogP) is 2.83. The van der Waals surface area contributed by atoms with E-state index in [4.69, 9.17) is 14.2 Å². The minimum atomic E-state index is -0.0320. The van der Waals surface area contributed by atoms with Gasteiger partial charge in [0.05, 0.1) is 26.7 Å². The summed E-state index contributed by atoms with van der Waals surface area (Å²) in [5.41, 5.74) is 0.945. The molecule has 24 heavy (non-hydrogen) atoms. The zero-order chi connectivity index (χ0) is 17.2. The number of hydrogen-bond acceptors (Lipinski definition) is 4. The van der Waals surface area contributed by atoms with Crippen LogP contribution in [0.4, 0.5) is 0 Å². The van der Waals surface area contributed by atoms with Crippen molar-refractivity contribution in [1.82, 2.24) is 5.32 Å². The SMILES string of the molecule is CCOc1ccc(OCCNC(=O)Cc2ccc(OC)cc2)cc1. The van der Waals surface area contributed by atoms with E-state index in [0.717, 1.165) is 22.8 Å². The van der Waals surface area contributed by atoms with Crippen LogP contribution in [0.1, 0.15) is 12.5 Å². The van der Waals surface area contributed by atoms with Gasteiger partial charge in [0.15, 0.2) is 0 Å². The van der Waals surface area contributed by atoms with Crippen LogP contribution in [-0.4, -0.2) is 32.8 Å². The van der Waals surface area contributed by atoms with E-state index >= 15 is 0 Å². The highest BCUT2D eigenvalue weighted by Crippen LogP contribution is 2.17. The van der Waals surface area contributed by atoms with E-state index in [1.165, 1.54) is 0 Å². The molecule has 0 unspecified atom stereocenters. The van der Waals surface area contributed by atoms with Crippen LogP contribution < -0.4 is 19.5 Å². The van der Waals surface area contributed by atoms with Gasteiger partial charge < -0.3 is 19.5 Å². The van der Waals surface area contributed by atoms with Crippen LogP contribution >= 0.6 is 0 Å². The zero-order valence-electron chi connectivity index (χ0n) is 14.1. The Bertz CT molecular complexity index is 623. The van der Waals surface area contributed by atoms with Crippen LogP contribution in [0, 0.1) is 0 Å². The molecule has 0 atom stereocenters. The van der Waals surface area contributed by atoms with Crippen molar-refractivity contribution in [3.05, 3.63) is 54.1 Å². The Kier molecular flexibility index (Phi) is 6.95. The molecule has 1 amide bonds. The molecule has 2 rings (SSSR count). The largest absolute Gasteiger partial charge is 0.497 e. The van der Waals surface area contributed by atoms with E-state index in [1.54, 1.807) is 7.11 Å². The van der Waals surface area contributed by atoms with E-state index in [-0.39, 0.29) is 5.91 Å². The second-order valence-corrected chi connectivity index (χ2v) is 5.13. The third kappa shape index (κ3) is 5.83. The molecule has 1 N–H and O–H groups in total. The highest BCUT2D eigenvalue weighted by molar-refractivity contribution is 5.78. The summed E-state index contributed by atoms with van der Waals surface area (Å²) in [5.74, 6) is 2.32. The van der Waals surface area contributed by atoms with Gasteiger partial charge in [0.25, 0.3) is 0 Å². The maximum Gasteiger partial charge on any atom is 0.224 e. The van der Waals surface area contributed by atoms with Crippen LogP contribution in [0.3, 0.4) is 0 Å². The van der Waals surface area contributed by atoms with Gasteiger partial charge in [0, 0.05) is 0 Å². The average molecular weight is 329 g/mol. The molecular weight excluding hydrogens is 306 g/mol. The fourth-order valence-corrected chi connectivity index (χ4v) is 2.15. The predicted molar refractivity (Wildman–Crippen MR) is 92.8 cm³/mol. The van der Waals surface area contributed by atoms with Crippen molar-refractivity contribution in [1.29, 1.82) is 0 Å². The van der Waals surface area contributed by atoms with Crippen molar-refractivity contribution < 1.29 is 19.0 Å². The molecule has 0 saturated carbocycles. The summed E-state index contributed by atoms with van der Waals surface area (Å²) < 4.78 is 16.0. The smallest absolute Gasteiger partial charge is 0.224 e. The van der Waals surface area contributed by atoms with Gasteiger partial charge in [0.1, 0.15) is 23.9 Å². The summed E-state index contributed by atoms with van der Waals surface area (Å²) in [4.78, 5) is 11.9. The minimum absolute atomic E-state index is 0.0320. The van der Waals surface area contributed by atoms with Crippen LogP contribution in [0.25, 0.3) is 0 Å². The standard InChI is InChI=1S/C19H23NO4/c1-3-23-17-8-10-18(11-9-17)24-13-12-20-19(21)14-15-4-6-16(22-2)7-5-15/h4-11H,3,12-14H2,1-2H3,(H,20,21). The van der Waals surface area contributed by atoms with Gasteiger partial charge in [-0.15, -0.1) is 0 Å². The molecule has 5 nitrogen and oxygen atoms in total. The first kappa shape index (κ1) is 17.7. The van der Waals surface area contributed by atoms with Crippen molar-refractivity contribution in [2.75, 3.05) is 26.9 Å². The Morgan fingerprint density at radius 1 is 0.917 bits per heavy atom. The summed E-state index contributed by atoms with van der Waals surface area (Å²) in [6.45, 7) is 3.46. The minimum Gasteiger partial charge on any atom is -0.497 e. The summed E-state index contributed by atoms with van der Waals surface area (Å²) in [6, 6.07) is 14.9. The third-order valence-corrected chi connectivity index (χ3v) is 3.35. The second kappa shape index (κ2) is 9.45. The van der Waals surface area contributed by atoms with Gasteiger partial charge in [0.2, 0.25) is 5.91 Å². The Morgan fingerprint density at radius 2 is 1.50 bits per heavy atom. The Hall–Kier alpha value is -2.69. The number of carbonyl (C=O) groups is 1. The van der Waals surface area contributed by atoms with Crippen molar-refractivity contribution in [3.63, 3.8) is 0 Å². The monoisotopic (exact) mass is 329 g/mol. The number of methoxy groups -OCH3 is 1. The number of amides is 1. The van der Waals surface area contributed by atoms with Crippen LogP contribution in [0.2, 0.25) is 0 Å². The lowest BCUT2D eigenvalue weighted by atomic mass is 10.1.